The number of benzene rings is 1. The molecule has 1 rings (SSSR count). The van der Waals surface area contributed by atoms with Gasteiger partial charge in [-0.2, -0.15) is 11.8 Å². The van der Waals surface area contributed by atoms with Gasteiger partial charge in [0.1, 0.15) is 5.56 Å². The van der Waals surface area contributed by atoms with Gasteiger partial charge in [-0.1, -0.05) is 13.0 Å². The molecule has 0 spiro atoms. The SMILES string of the molecule is CCSCCOc1c(C(=O)O)cccc1[N+](=O)[O-]. The minimum atomic E-state index is -1.24. The van der Waals surface area contributed by atoms with Crippen molar-refractivity contribution in [3.8, 4) is 5.75 Å². The van der Waals surface area contributed by atoms with Gasteiger partial charge < -0.3 is 9.84 Å². The van der Waals surface area contributed by atoms with Crippen LogP contribution in [0.25, 0.3) is 0 Å². The zero-order valence-electron chi connectivity index (χ0n) is 9.79. The Bertz CT molecular complexity index is 417. The van der Waals surface area contributed by atoms with E-state index in [1.165, 1.54) is 18.2 Å². The van der Waals surface area contributed by atoms with Gasteiger partial charge in [0.2, 0.25) is 5.75 Å². The van der Waals surface area contributed by atoms with Gasteiger partial charge in [-0.25, -0.2) is 4.79 Å². The Labute approximate surface area is 108 Å². The van der Waals surface area contributed by atoms with Crippen LogP contribution in [0.3, 0.4) is 0 Å². The van der Waals surface area contributed by atoms with Crippen LogP contribution in [-0.2, 0) is 0 Å². The minimum Gasteiger partial charge on any atom is -0.485 e. The van der Waals surface area contributed by atoms with Gasteiger partial charge in [-0.05, 0) is 11.8 Å². The number of ether oxygens (including phenoxy) is 1. The highest BCUT2D eigenvalue weighted by Gasteiger charge is 2.22. The first kappa shape index (κ1) is 14.3. The quantitative estimate of drug-likeness (QED) is 0.465. The average Bonchev–Trinajstić information content (AvgIpc) is 2.34. The minimum absolute atomic E-state index is 0.174. The maximum atomic E-state index is 11.0. The lowest BCUT2D eigenvalue weighted by atomic mass is 10.2. The van der Waals surface area contributed by atoms with Crippen molar-refractivity contribution in [2.75, 3.05) is 18.1 Å². The van der Waals surface area contributed by atoms with Crippen LogP contribution in [0.1, 0.15) is 17.3 Å². The van der Waals surface area contributed by atoms with Gasteiger partial charge in [-0.15, -0.1) is 0 Å². The molecular formula is C11H13NO5S. The molecule has 0 aliphatic rings. The molecule has 7 heteroatoms. The number of carbonyl (C=O) groups is 1. The summed E-state index contributed by atoms with van der Waals surface area (Å²) in [6, 6.07) is 3.85. The van der Waals surface area contributed by atoms with E-state index in [9.17, 15) is 14.9 Å². The van der Waals surface area contributed by atoms with Crippen LogP contribution in [0.4, 0.5) is 5.69 Å². The van der Waals surface area contributed by atoms with Crippen molar-refractivity contribution in [3.63, 3.8) is 0 Å². The van der Waals surface area contributed by atoms with E-state index in [0.29, 0.717) is 5.75 Å². The summed E-state index contributed by atoms with van der Waals surface area (Å²) in [4.78, 5) is 21.1. The molecule has 1 N–H and O–H groups in total. The summed E-state index contributed by atoms with van der Waals surface area (Å²) in [6.45, 7) is 2.22. The molecule has 0 fully saturated rings. The molecule has 0 aromatic heterocycles. The number of carboxylic acids is 1. The van der Waals surface area contributed by atoms with E-state index in [1.54, 1.807) is 11.8 Å². The molecular weight excluding hydrogens is 258 g/mol. The van der Waals surface area contributed by atoms with E-state index in [1.807, 2.05) is 6.92 Å². The number of hydrogen-bond acceptors (Lipinski definition) is 5. The summed E-state index contributed by atoms with van der Waals surface area (Å²) in [5.41, 5.74) is -0.512. The van der Waals surface area contributed by atoms with Crippen molar-refractivity contribution in [3.05, 3.63) is 33.9 Å². The van der Waals surface area contributed by atoms with Crippen molar-refractivity contribution in [2.45, 2.75) is 6.92 Å². The first-order valence-corrected chi connectivity index (χ1v) is 6.44. The summed E-state index contributed by atoms with van der Waals surface area (Å²) in [6.07, 6.45) is 0. The van der Waals surface area contributed by atoms with Gasteiger partial charge in [0.05, 0.1) is 11.5 Å². The highest BCUT2D eigenvalue weighted by Crippen LogP contribution is 2.31. The first-order chi connectivity index (χ1) is 8.57. The number of nitro benzene ring substituents is 1. The zero-order valence-corrected chi connectivity index (χ0v) is 10.6. The van der Waals surface area contributed by atoms with Crippen molar-refractivity contribution < 1.29 is 19.6 Å². The predicted molar refractivity (Wildman–Crippen MR) is 68.5 cm³/mol. The van der Waals surface area contributed by atoms with Gasteiger partial charge in [0, 0.05) is 11.8 Å². The van der Waals surface area contributed by atoms with Crippen LogP contribution >= 0.6 is 11.8 Å². The second-order valence-corrected chi connectivity index (χ2v) is 4.66. The van der Waals surface area contributed by atoms with E-state index in [-0.39, 0.29) is 23.6 Å². The van der Waals surface area contributed by atoms with E-state index >= 15 is 0 Å². The molecule has 0 saturated carbocycles. The zero-order chi connectivity index (χ0) is 13.5. The second kappa shape index (κ2) is 6.85. The Morgan fingerprint density at radius 1 is 1.56 bits per heavy atom. The fourth-order valence-electron chi connectivity index (χ4n) is 1.34. The van der Waals surface area contributed by atoms with Gasteiger partial charge >= 0.3 is 11.7 Å². The highest BCUT2D eigenvalue weighted by atomic mass is 32.2. The molecule has 6 nitrogen and oxygen atoms in total. The molecule has 0 heterocycles. The number of rotatable bonds is 7. The third-order valence-electron chi connectivity index (χ3n) is 2.10. The van der Waals surface area contributed by atoms with Crippen LogP contribution in [0.2, 0.25) is 0 Å². The summed E-state index contributed by atoms with van der Waals surface area (Å²) in [7, 11) is 0. The first-order valence-electron chi connectivity index (χ1n) is 5.29. The molecule has 18 heavy (non-hydrogen) atoms. The molecule has 0 bridgehead atoms. The third-order valence-corrected chi connectivity index (χ3v) is 2.96. The molecule has 0 saturated heterocycles. The lowest BCUT2D eigenvalue weighted by molar-refractivity contribution is -0.385. The highest BCUT2D eigenvalue weighted by molar-refractivity contribution is 7.99. The number of nitro groups is 1. The number of carboxylic acid groups (broad SMARTS) is 1. The topological polar surface area (TPSA) is 89.7 Å². The van der Waals surface area contributed by atoms with Crippen molar-refractivity contribution in [2.24, 2.45) is 0 Å². The Morgan fingerprint density at radius 3 is 2.83 bits per heavy atom. The van der Waals surface area contributed by atoms with E-state index < -0.39 is 10.9 Å². The smallest absolute Gasteiger partial charge is 0.339 e. The third kappa shape index (κ3) is 3.63. The Balaban J connectivity index is 2.96. The molecule has 0 atom stereocenters. The molecule has 98 valence electrons. The molecule has 0 aliphatic carbocycles. The second-order valence-electron chi connectivity index (χ2n) is 3.26. The van der Waals surface area contributed by atoms with Gasteiger partial charge in [0.25, 0.3) is 0 Å². The van der Waals surface area contributed by atoms with Crippen LogP contribution in [-0.4, -0.2) is 34.1 Å². The van der Waals surface area contributed by atoms with Crippen LogP contribution in [0.5, 0.6) is 5.75 Å². The fourth-order valence-corrected chi connectivity index (χ4v) is 1.83. The Kier molecular flexibility index (Phi) is 5.44. The lowest BCUT2D eigenvalue weighted by Crippen LogP contribution is -2.08. The van der Waals surface area contributed by atoms with Crippen molar-refractivity contribution >= 4 is 23.4 Å². The normalized spacial score (nSPS) is 10.1. The van der Waals surface area contributed by atoms with Gasteiger partial charge in [0.15, 0.2) is 0 Å². The maximum Gasteiger partial charge on any atom is 0.339 e. The van der Waals surface area contributed by atoms with Gasteiger partial charge in [-0.3, -0.25) is 10.1 Å². The summed E-state index contributed by atoms with van der Waals surface area (Å²) >= 11 is 1.61. The largest absolute Gasteiger partial charge is 0.485 e. The monoisotopic (exact) mass is 271 g/mol. The molecule has 0 amide bonds. The van der Waals surface area contributed by atoms with E-state index in [2.05, 4.69) is 0 Å². The van der Waals surface area contributed by atoms with Crippen molar-refractivity contribution in [1.29, 1.82) is 0 Å². The predicted octanol–water partition coefficient (Wildman–Crippen LogP) is 2.42. The molecule has 0 aliphatic heterocycles. The number of thioether (sulfide) groups is 1. The molecule has 0 unspecified atom stereocenters. The Hall–Kier alpha value is -1.76. The maximum absolute atomic E-state index is 11.0. The van der Waals surface area contributed by atoms with E-state index in [4.69, 9.17) is 9.84 Å². The average molecular weight is 271 g/mol. The summed E-state index contributed by atoms with van der Waals surface area (Å²) in [5.74, 6) is 0.150. The van der Waals surface area contributed by atoms with Crippen molar-refractivity contribution in [1.82, 2.24) is 0 Å². The molecule has 1 aromatic rings. The fraction of sp³-hybridized carbons (Fsp3) is 0.364. The lowest BCUT2D eigenvalue weighted by Gasteiger charge is -2.08. The standard InChI is InChI=1S/C11H13NO5S/c1-2-18-7-6-17-10-8(11(13)14)4-3-5-9(10)12(15)16/h3-5H,2,6-7H2,1H3,(H,13,14). The van der Waals surface area contributed by atoms with Crippen LogP contribution in [0, 0.1) is 10.1 Å². The number of aromatic carboxylic acids is 1. The molecule has 1 aromatic carbocycles. The number of para-hydroxylation sites is 1. The van der Waals surface area contributed by atoms with E-state index in [0.717, 1.165) is 5.75 Å². The number of nitrogens with zero attached hydrogens (tertiary/aromatic N) is 1. The summed E-state index contributed by atoms with van der Waals surface area (Å²) < 4.78 is 5.25. The summed E-state index contributed by atoms with van der Waals surface area (Å²) in [5, 5.41) is 19.8. The number of hydrogen-bond donors (Lipinski definition) is 1. The van der Waals surface area contributed by atoms with Crippen LogP contribution in [0.15, 0.2) is 18.2 Å². The Morgan fingerprint density at radius 2 is 2.28 bits per heavy atom. The van der Waals surface area contributed by atoms with Crippen LogP contribution < -0.4 is 4.74 Å². The molecule has 0 radical (unpaired) electrons.